The molecule has 4 N–H and O–H groups in total. The molecular weight excluding hydrogens is 372 g/mol. The van der Waals surface area contributed by atoms with Gasteiger partial charge in [0, 0.05) is 23.4 Å². The van der Waals surface area contributed by atoms with Crippen LogP contribution in [0.5, 0.6) is 0 Å². The van der Waals surface area contributed by atoms with Gasteiger partial charge in [-0.25, -0.2) is 9.78 Å². The van der Waals surface area contributed by atoms with Gasteiger partial charge >= 0.3 is 5.97 Å². The Morgan fingerprint density at radius 3 is 2.59 bits per heavy atom. The minimum atomic E-state index is -0.963. The first-order valence-electron chi connectivity index (χ1n) is 9.09. The molecule has 146 valence electrons. The zero-order valence-corrected chi connectivity index (χ0v) is 15.6. The lowest BCUT2D eigenvalue weighted by Gasteiger charge is -2.14. The predicted octanol–water partition coefficient (Wildman–Crippen LogP) is 2.90. The third-order valence-corrected chi connectivity index (χ3v) is 4.50. The number of H-pyrrole nitrogens is 2. The molecule has 0 radical (unpaired) electrons. The molecule has 9 nitrogen and oxygen atoms in total. The van der Waals surface area contributed by atoms with Crippen molar-refractivity contribution in [2.45, 2.75) is 13.3 Å². The Balaban J connectivity index is 1.79. The van der Waals surface area contributed by atoms with Gasteiger partial charge in [0.15, 0.2) is 5.52 Å². The Labute approximate surface area is 164 Å². The summed E-state index contributed by atoms with van der Waals surface area (Å²) in [7, 11) is 0. The Morgan fingerprint density at radius 2 is 1.86 bits per heavy atom. The van der Waals surface area contributed by atoms with Crippen LogP contribution in [0.25, 0.3) is 33.7 Å². The number of hydrogen-bond acceptors (Lipinski definition) is 6. The zero-order chi connectivity index (χ0) is 20.4. The van der Waals surface area contributed by atoms with Crippen LogP contribution in [-0.4, -0.2) is 43.0 Å². The summed E-state index contributed by atoms with van der Waals surface area (Å²) >= 11 is 0. The number of nitrogens with zero attached hydrogens (tertiary/aromatic N) is 3. The van der Waals surface area contributed by atoms with Crippen LogP contribution in [0.4, 0.5) is 5.69 Å². The highest BCUT2D eigenvalue weighted by atomic mass is 16.4. The number of benzene rings is 2. The first kappa shape index (κ1) is 18.4. The van der Waals surface area contributed by atoms with E-state index in [1.165, 1.54) is 0 Å². The van der Waals surface area contributed by atoms with Gasteiger partial charge < -0.3 is 15.4 Å². The molecule has 0 fully saturated rings. The molecule has 2 aromatic carbocycles. The number of carboxylic acids is 1. The summed E-state index contributed by atoms with van der Waals surface area (Å²) in [5.74, 6) is -0.571. The van der Waals surface area contributed by atoms with Crippen molar-refractivity contribution >= 4 is 22.8 Å². The molecule has 0 aliphatic heterocycles. The molecule has 29 heavy (non-hydrogen) atoms. The predicted molar refractivity (Wildman–Crippen MR) is 109 cm³/mol. The van der Waals surface area contributed by atoms with Crippen molar-refractivity contribution in [1.29, 1.82) is 0 Å². The Hall–Kier alpha value is -4.01. The van der Waals surface area contributed by atoms with E-state index in [2.05, 4.69) is 37.6 Å². The summed E-state index contributed by atoms with van der Waals surface area (Å²) in [5, 5.41) is 22.6. The van der Waals surface area contributed by atoms with Gasteiger partial charge in [0.2, 0.25) is 5.65 Å². The molecule has 9 heteroatoms. The van der Waals surface area contributed by atoms with E-state index in [-0.39, 0.29) is 22.3 Å². The quantitative estimate of drug-likeness (QED) is 0.397. The molecule has 4 rings (SSSR count). The van der Waals surface area contributed by atoms with Crippen LogP contribution < -0.4 is 10.9 Å². The fourth-order valence-electron chi connectivity index (χ4n) is 3.03. The van der Waals surface area contributed by atoms with Crippen LogP contribution in [0.2, 0.25) is 0 Å². The summed E-state index contributed by atoms with van der Waals surface area (Å²) in [5.41, 5.74) is 3.66. The molecule has 2 aromatic heterocycles. The first-order chi connectivity index (χ1) is 14.1. The van der Waals surface area contributed by atoms with E-state index in [0.717, 1.165) is 35.3 Å². The van der Waals surface area contributed by atoms with Crippen molar-refractivity contribution in [3.63, 3.8) is 0 Å². The van der Waals surface area contributed by atoms with Crippen molar-refractivity contribution in [3.8, 4) is 22.5 Å². The van der Waals surface area contributed by atoms with Gasteiger partial charge in [-0.3, -0.25) is 4.79 Å². The van der Waals surface area contributed by atoms with Crippen molar-refractivity contribution in [2.24, 2.45) is 0 Å². The van der Waals surface area contributed by atoms with Gasteiger partial charge in [-0.1, -0.05) is 31.2 Å². The average Bonchev–Trinajstić information content (AvgIpc) is 3.21. The van der Waals surface area contributed by atoms with Crippen molar-refractivity contribution < 1.29 is 9.90 Å². The molecule has 0 bridgehead atoms. The normalized spacial score (nSPS) is 10.9. The van der Waals surface area contributed by atoms with Crippen molar-refractivity contribution in [2.75, 3.05) is 11.9 Å². The van der Waals surface area contributed by atoms with Crippen LogP contribution in [-0.2, 0) is 0 Å². The van der Waals surface area contributed by atoms with Gasteiger partial charge in [0.25, 0.3) is 5.56 Å². The highest BCUT2D eigenvalue weighted by molar-refractivity contribution is 5.89. The fourth-order valence-corrected chi connectivity index (χ4v) is 3.03. The molecule has 0 aliphatic carbocycles. The maximum absolute atomic E-state index is 12.2. The van der Waals surface area contributed by atoms with Crippen LogP contribution in [0.15, 0.2) is 47.3 Å². The minimum Gasteiger partial charge on any atom is -0.478 e. The first-order valence-corrected chi connectivity index (χ1v) is 9.09. The van der Waals surface area contributed by atoms with Gasteiger partial charge in [0.05, 0.1) is 5.56 Å². The number of fused-ring (bicyclic) bond motifs is 1. The molecule has 4 aromatic rings. The number of aromatic carboxylic acids is 1. The third-order valence-electron chi connectivity index (χ3n) is 4.50. The summed E-state index contributed by atoms with van der Waals surface area (Å²) in [6.07, 6.45) is 0.932. The largest absolute Gasteiger partial charge is 0.478 e. The molecule has 2 heterocycles. The van der Waals surface area contributed by atoms with Gasteiger partial charge in [-0.05, 0) is 30.2 Å². The minimum absolute atomic E-state index is 0.160. The van der Waals surface area contributed by atoms with E-state index in [4.69, 9.17) is 5.11 Å². The second-order valence-electron chi connectivity index (χ2n) is 6.48. The summed E-state index contributed by atoms with van der Waals surface area (Å²) < 4.78 is 0. The number of rotatable bonds is 6. The summed E-state index contributed by atoms with van der Waals surface area (Å²) in [6.45, 7) is 2.83. The van der Waals surface area contributed by atoms with E-state index < -0.39 is 5.97 Å². The average molecular weight is 390 g/mol. The number of aromatic nitrogens is 5. The Morgan fingerprint density at radius 1 is 1.10 bits per heavy atom. The highest BCUT2D eigenvalue weighted by Gasteiger charge is 2.13. The van der Waals surface area contributed by atoms with E-state index in [1.54, 1.807) is 24.3 Å². The van der Waals surface area contributed by atoms with Crippen molar-refractivity contribution in [1.82, 2.24) is 25.4 Å². The monoisotopic (exact) mass is 390 g/mol. The third kappa shape index (κ3) is 3.57. The number of hydrogen-bond donors (Lipinski definition) is 4. The highest BCUT2D eigenvalue weighted by Crippen LogP contribution is 2.32. The maximum atomic E-state index is 12.2. The number of carboxylic acid groups (broad SMARTS) is 1. The smallest absolute Gasteiger partial charge is 0.335 e. The molecule has 0 saturated carbocycles. The number of anilines is 1. The molecule has 0 saturated heterocycles. The van der Waals surface area contributed by atoms with Crippen LogP contribution in [0, 0.1) is 0 Å². The van der Waals surface area contributed by atoms with Gasteiger partial charge in [-0.15, -0.1) is 10.2 Å². The number of aromatic amines is 2. The Kier molecular flexibility index (Phi) is 4.78. The SMILES string of the molecule is CCCNc1cc(-c2nc3n[nH]nc3c(=O)[nH]2)ccc1-c1ccc(C(=O)O)cc1. The van der Waals surface area contributed by atoms with E-state index in [0.29, 0.717) is 5.82 Å². The number of carbonyl (C=O) groups is 1. The lowest BCUT2D eigenvalue weighted by atomic mass is 9.99. The molecule has 0 atom stereocenters. The van der Waals surface area contributed by atoms with Crippen LogP contribution in [0.1, 0.15) is 23.7 Å². The molecular formula is C20H18N6O3. The molecule has 0 aliphatic rings. The molecule has 0 amide bonds. The van der Waals surface area contributed by atoms with E-state index in [1.807, 2.05) is 18.2 Å². The lowest BCUT2D eigenvalue weighted by molar-refractivity contribution is 0.0697. The van der Waals surface area contributed by atoms with E-state index in [9.17, 15) is 9.59 Å². The Bertz CT molecular complexity index is 1240. The van der Waals surface area contributed by atoms with Gasteiger partial charge in [0.1, 0.15) is 5.82 Å². The molecule has 0 spiro atoms. The van der Waals surface area contributed by atoms with Crippen LogP contribution in [0.3, 0.4) is 0 Å². The zero-order valence-electron chi connectivity index (χ0n) is 15.6. The molecule has 0 unspecified atom stereocenters. The van der Waals surface area contributed by atoms with E-state index >= 15 is 0 Å². The standard InChI is InChI=1S/C20H18N6O3/c1-2-9-21-15-10-13(17-22-18-16(19(27)23-17)24-26-25-18)7-8-14(15)11-3-5-12(6-4-11)20(28)29/h3-8,10,21H,2,9H2,1H3,(H,28,29)(H2,22,23,24,25,26,27). The number of nitrogens with one attached hydrogen (secondary N) is 3. The maximum Gasteiger partial charge on any atom is 0.335 e. The lowest BCUT2D eigenvalue weighted by Crippen LogP contribution is -2.10. The second-order valence-corrected chi connectivity index (χ2v) is 6.48. The van der Waals surface area contributed by atoms with Crippen LogP contribution >= 0.6 is 0 Å². The summed E-state index contributed by atoms with van der Waals surface area (Å²) in [6, 6.07) is 12.4. The topological polar surface area (TPSA) is 137 Å². The van der Waals surface area contributed by atoms with Gasteiger partial charge in [-0.2, -0.15) is 5.21 Å². The summed E-state index contributed by atoms with van der Waals surface area (Å²) in [4.78, 5) is 30.4. The van der Waals surface area contributed by atoms with Crippen molar-refractivity contribution in [3.05, 3.63) is 58.4 Å². The second kappa shape index (κ2) is 7.55. The fraction of sp³-hybridized carbons (Fsp3) is 0.150.